The first-order valence-electron chi connectivity index (χ1n) is 0.228. The van der Waals surface area contributed by atoms with E-state index in [-0.39, 0.29) is 37.7 Å². The van der Waals surface area contributed by atoms with Crippen LogP contribution in [-0.2, 0) is 11.3 Å². The van der Waals surface area contributed by atoms with Gasteiger partial charge in [0, 0.05) is 37.7 Å². The minimum atomic E-state index is 0. The Labute approximate surface area is 75.6 Å². The van der Waals surface area contributed by atoms with E-state index in [2.05, 4.69) is 28.2 Å². The molecule has 0 bridgehead atoms. The Morgan fingerprint density at radius 3 is 1.25 bits per heavy atom. The van der Waals surface area contributed by atoms with Gasteiger partial charge in [-0.05, 0) is 0 Å². The normalized spacial score (nSPS) is 5.50. The van der Waals surface area contributed by atoms with E-state index in [1.165, 1.54) is 11.3 Å². The third-order valence-electron chi connectivity index (χ3n) is 0. The van der Waals surface area contributed by atoms with Gasteiger partial charge in [0.15, 0.2) is 0 Å². The van der Waals surface area contributed by atoms with Crippen molar-refractivity contribution in [1.29, 1.82) is 0 Å². The second-order valence-corrected chi connectivity index (χ2v) is 4.80. The molecule has 0 atom stereocenters. The van der Waals surface area contributed by atoms with Gasteiger partial charge < -0.3 is 0 Å². The predicted octanol–water partition coefficient (Wildman–Crippen LogP) is 1.69. The Balaban J connectivity index is 0. The van der Waals surface area contributed by atoms with Gasteiger partial charge in [0.2, 0.25) is 0 Å². The summed E-state index contributed by atoms with van der Waals surface area (Å²) in [6.45, 7) is 0. The van der Waals surface area contributed by atoms with Crippen molar-refractivity contribution in [2.24, 2.45) is 0 Å². The molecule has 0 saturated carbocycles. The zero-order valence-electron chi connectivity index (χ0n) is 1.41. The molecule has 0 aromatic heterocycles. The van der Waals surface area contributed by atoms with E-state index < -0.39 is 0 Å². The summed E-state index contributed by atoms with van der Waals surface area (Å²) < 4.78 is 0. The van der Waals surface area contributed by atoms with Gasteiger partial charge in [0.25, 0.3) is 0 Å². The molecule has 0 unspecified atom stereocenters. The van der Waals surface area contributed by atoms with Gasteiger partial charge in [0.1, 0.15) is 0 Å². The van der Waals surface area contributed by atoms with Crippen LogP contribution in [0, 0.1) is 37.7 Å². The van der Waals surface area contributed by atoms with Crippen LogP contribution in [0.3, 0.4) is 0 Å². The van der Waals surface area contributed by atoms with E-state index in [0.29, 0.717) is 0 Å². The summed E-state index contributed by atoms with van der Waals surface area (Å²) in [5.41, 5.74) is 0. The van der Waals surface area contributed by atoms with Gasteiger partial charge in [0.05, 0.1) is 0 Å². The molecule has 0 spiro atoms. The van der Waals surface area contributed by atoms with Crippen LogP contribution in [0.15, 0.2) is 0 Å². The molecule has 0 saturated heterocycles. The van der Waals surface area contributed by atoms with Crippen molar-refractivity contribution < 1.29 is 49.1 Å². The molecule has 0 fully saturated rings. The van der Waals surface area contributed by atoms with Crippen LogP contribution in [0.25, 0.3) is 0 Å². The molecule has 0 aromatic carbocycles. The molecular formula is ArBr2Cu. The van der Waals surface area contributed by atoms with Gasteiger partial charge >= 0.3 is 39.6 Å². The van der Waals surface area contributed by atoms with E-state index in [0.717, 1.165) is 0 Å². The number of hydrogen-bond acceptors (Lipinski definition) is 0. The third-order valence-corrected chi connectivity index (χ3v) is 0. The summed E-state index contributed by atoms with van der Waals surface area (Å²) in [7, 11) is 0. The maximum atomic E-state index is 2.97. The van der Waals surface area contributed by atoms with E-state index in [1.54, 1.807) is 0 Å². The summed E-state index contributed by atoms with van der Waals surface area (Å²) in [5.74, 6) is 0. The summed E-state index contributed by atoms with van der Waals surface area (Å²) in [6, 6.07) is 0. The third kappa shape index (κ3) is 8.83. The molecule has 0 aliphatic carbocycles. The van der Waals surface area contributed by atoms with Gasteiger partial charge in [-0.2, -0.15) is 0 Å². The van der Waals surface area contributed by atoms with Crippen molar-refractivity contribution in [2.45, 2.75) is 0 Å². The SMILES string of the molecule is [Ar].[Br][Cu][Br]. The molecule has 4 heteroatoms. The molecule has 0 nitrogen and oxygen atoms in total. The monoisotopic (exact) mass is 261 g/mol. The van der Waals surface area contributed by atoms with Gasteiger partial charge in [-0.25, -0.2) is 0 Å². The fourth-order valence-electron chi connectivity index (χ4n) is 0. The van der Waals surface area contributed by atoms with E-state index in [1.807, 2.05) is 0 Å². The summed E-state index contributed by atoms with van der Waals surface area (Å²) >= 11 is 7.38. The van der Waals surface area contributed by atoms with Crippen LogP contribution in [0.2, 0.25) is 0 Å². The number of halogens is 2. The molecule has 0 heterocycles. The molecular weight excluding hydrogens is 263 g/mol. The second-order valence-electron chi connectivity index (χ2n) is 0.0431. The Morgan fingerprint density at radius 1 is 1.25 bits per heavy atom. The minimum absolute atomic E-state index is 0. The molecule has 0 aromatic rings. The van der Waals surface area contributed by atoms with Gasteiger partial charge in [-0.1, -0.05) is 0 Å². The molecule has 0 rings (SSSR count). The molecule has 33 valence electrons. The van der Waals surface area contributed by atoms with Crippen LogP contribution in [0.4, 0.5) is 0 Å². The van der Waals surface area contributed by atoms with Crippen LogP contribution >= 0.6 is 28.2 Å². The average Bonchev–Trinajstić information content (AvgIpc) is 0.918. The first kappa shape index (κ1) is 9.88. The molecule has 0 N–H and O–H groups in total. The van der Waals surface area contributed by atoms with E-state index >= 15 is 0 Å². The maximum absolute atomic E-state index is 2.97. The Hall–Kier alpha value is 2.74. The quantitative estimate of drug-likeness (QED) is 0.583. The van der Waals surface area contributed by atoms with Crippen molar-refractivity contribution in [3.8, 4) is 0 Å². The topological polar surface area (TPSA) is 0 Å². The summed E-state index contributed by atoms with van der Waals surface area (Å²) in [4.78, 5) is 0. The van der Waals surface area contributed by atoms with Gasteiger partial charge in [-0.15, -0.1) is 0 Å². The number of hydrogen-bond donors (Lipinski definition) is 0. The van der Waals surface area contributed by atoms with Crippen molar-refractivity contribution in [2.75, 3.05) is 0 Å². The average molecular weight is 263 g/mol. The molecule has 0 radical (unpaired) electrons. The first-order valence-corrected chi connectivity index (χ1v) is 4.88. The number of rotatable bonds is 0. The summed E-state index contributed by atoms with van der Waals surface area (Å²) in [6.07, 6.45) is 0. The molecule has 0 aliphatic rings. The van der Waals surface area contributed by atoms with Crippen LogP contribution in [0.1, 0.15) is 0 Å². The van der Waals surface area contributed by atoms with E-state index in [9.17, 15) is 0 Å². The van der Waals surface area contributed by atoms with E-state index in [4.69, 9.17) is 0 Å². The Bertz CT molecular complexity index is 6.00. The summed E-state index contributed by atoms with van der Waals surface area (Å²) in [5, 5.41) is 0. The fourth-order valence-corrected chi connectivity index (χ4v) is 0. The van der Waals surface area contributed by atoms with Crippen LogP contribution in [0.5, 0.6) is 0 Å². The Kier molecular flexibility index (Phi) is 22.8. The van der Waals surface area contributed by atoms with Crippen molar-refractivity contribution in [3.05, 3.63) is 0 Å². The second kappa shape index (κ2) is 9.22. The molecule has 0 amide bonds. The standard InChI is InChI=1S/Ar.2BrH.Cu/h;2*1H;/q;;;+2/p-2. The zero-order chi connectivity index (χ0) is 2.71. The van der Waals surface area contributed by atoms with Crippen molar-refractivity contribution >= 4 is 28.2 Å². The fraction of sp³-hybridized carbons (Fsp3) is 0. The predicted molar refractivity (Wildman–Crippen MR) is 17.9 cm³/mol. The Morgan fingerprint density at radius 2 is 1.25 bits per heavy atom. The van der Waals surface area contributed by atoms with Gasteiger partial charge in [-0.3, -0.25) is 0 Å². The van der Waals surface area contributed by atoms with Crippen LogP contribution in [-0.4, -0.2) is 0 Å². The van der Waals surface area contributed by atoms with Crippen molar-refractivity contribution in [3.63, 3.8) is 0 Å². The zero-order valence-corrected chi connectivity index (χ0v) is 6.23. The first-order chi connectivity index (χ1) is 1.41. The molecule has 4 heavy (non-hydrogen) atoms. The van der Waals surface area contributed by atoms with Crippen LogP contribution < -0.4 is 0 Å². The molecule has 0 aliphatic heterocycles. The van der Waals surface area contributed by atoms with Crippen molar-refractivity contribution in [1.82, 2.24) is 0 Å².